The van der Waals surface area contributed by atoms with Gasteiger partial charge in [-0.3, -0.25) is 10.1 Å². The molecule has 0 saturated heterocycles. The van der Waals surface area contributed by atoms with Gasteiger partial charge in [0.1, 0.15) is 5.54 Å². The Morgan fingerprint density at radius 3 is 2.47 bits per heavy atom. The Hall–Kier alpha value is -0.610. The van der Waals surface area contributed by atoms with Gasteiger partial charge in [0, 0.05) is 6.04 Å². The number of unbranched alkanes of at least 4 members (excludes halogenated alkanes) is 2. The molecule has 19 heavy (non-hydrogen) atoms. The molecule has 0 bridgehead atoms. The van der Waals surface area contributed by atoms with Crippen molar-refractivity contribution in [3.63, 3.8) is 0 Å². The smallest absolute Gasteiger partial charge is 0.323 e. The van der Waals surface area contributed by atoms with E-state index in [2.05, 4.69) is 24.2 Å². The molecule has 0 spiro atoms. The van der Waals surface area contributed by atoms with Gasteiger partial charge in [-0.2, -0.15) is 0 Å². The van der Waals surface area contributed by atoms with Crippen LogP contribution in [0.3, 0.4) is 0 Å². The SMILES string of the molecule is CCCCN(C)CCCCC(C)(NC1CC1)C(=O)O. The number of carbonyl (C=O) groups is 1. The Bertz CT molecular complexity index is 279. The van der Waals surface area contributed by atoms with Gasteiger partial charge in [0.15, 0.2) is 0 Å². The van der Waals surface area contributed by atoms with E-state index in [9.17, 15) is 9.90 Å². The molecule has 0 aromatic rings. The molecule has 1 rings (SSSR count). The first-order valence-electron chi connectivity index (χ1n) is 7.67. The molecule has 1 unspecified atom stereocenters. The highest BCUT2D eigenvalue weighted by molar-refractivity contribution is 5.78. The second kappa shape index (κ2) is 7.85. The van der Waals surface area contributed by atoms with Gasteiger partial charge in [-0.15, -0.1) is 0 Å². The third-order valence-electron chi connectivity index (χ3n) is 3.93. The van der Waals surface area contributed by atoms with Crippen LogP contribution < -0.4 is 5.32 Å². The second-order valence-electron chi connectivity index (χ2n) is 6.17. The molecule has 1 aliphatic carbocycles. The Morgan fingerprint density at radius 1 is 1.32 bits per heavy atom. The quantitative estimate of drug-likeness (QED) is 0.566. The highest BCUT2D eigenvalue weighted by atomic mass is 16.4. The number of carboxylic acids is 1. The van der Waals surface area contributed by atoms with Crippen LogP contribution in [0.4, 0.5) is 0 Å². The molecule has 1 aliphatic rings. The Labute approximate surface area is 117 Å². The van der Waals surface area contributed by atoms with Gasteiger partial charge in [0.25, 0.3) is 0 Å². The summed E-state index contributed by atoms with van der Waals surface area (Å²) in [6.45, 7) is 6.25. The lowest BCUT2D eigenvalue weighted by Crippen LogP contribution is -2.50. The fourth-order valence-electron chi connectivity index (χ4n) is 2.32. The fourth-order valence-corrected chi connectivity index (χ4v) is 2.32. The van der Waals surface area contributed by atoms with Gasteiger partial charge in [-0.05, 0) is 65.6 Å². The van der Waals surface area contributed by atoms with E-state index in [1.165, 1.54) is 12.8 Å². The number of hydrogen-bond donors (Lipinski definition) is 2. The minimum absolute atomic E-state index is 0.438. The Kier molecular flexibility index (Phi) is 6.80. The molecule has 1 saturated carbocycles. The number of aliphatic carboxylic acids is 1. The molecular formula is C15H30N2O2. The summed E-state index contributed by atoms with van der Waals surface area (Å²) in [7, 11) is 2.15. The summed E-state index contributed by atoms with van der Waals surface area (Å²) in [6, 6.07) is 0.438. The monoisotopic (exact) mass is 270 g/mol. The molecule has 0 aliphatic heterocycles. The molecule has 1 atom stereocenters. The largest absolute Gasteiger partial charge is 0.480 e. The van der Waals surface area contributed by atoms with Crippen molar-refractivity contribution < 1.29 is 9.90 Å². The number of nitrogens with one attached hydrogen (secondary N) is 1. The van der Waals surface area contributed by atoms with Crippen molar-refractivity contribution in [1.82, 2.24) is 10.2 Å². The molecule has 4 nitrogen and oxygen atoms in total. The summed E-state index contributed by atoms with van der Waals surface area (Å²) in [5.74, 6) is -0.710. The zero-order valence-corrected chi connectivity index (χ0v) is 12.7. The van der Waals surface area contributed by atoms with Crippen LogP contribution in [0.25, 0.3) is 0 Å². The van der Waals surface area contributed by atoms with Gasteiger partial charge in [-0.25, -0.2) is 0 Å². The van der Waals surface area contributed by atoms with Crippen molar-refractivity contribution in [3.8, 4) is 0 Å². The van der Waals surface area contributed by atoms with Crippen LogP contribution in [0.5, 0.6) is 0 Å². The van der Waals surface area contributed by atoms with Crippen LogP contribution in [0.2, 0.25) is 0 Å². The van der Waals surface area contributed by atoms with Gasteiger partial charge in [-0.1, -0.05) is 13.3 Å². The van der Waals surface area contributed by atoms with Crippen molar-refractivity contribution in [3.05, 3.63) is 0 Å². The second-order valence-corrected chi connectivity index (χ2v) is 6.17. The molecule has 1 fully saturated rings. The maximum atomic E-state index is 11.4. The maximum absolute atomic E-state index is 11.4. The first kappa shape index (κ1) is 16.4. The minimum Gasteiger partial charge on any atom is -0.480 e. The molecule has 4 heteroatoms. The maximum Gasteiger partial charge on any atom is 0.323 e. The van der Waals surface area contributed by atoms with E-state index < -0.39 is 11.5 Å². The summed E-state index contributed by atoms with van der Waals surface area (Å²) in [5.41, 5.74) is -0.733. The van der Waals surface area contributed by atoms with Crippen LogP contribution in [0.15, 0.2) is 0 Å². The first-order chi connectivity index (χ1) is 8.98. The summed E-state index contributed by atoms with van der Waals surface area (Å²) in [6.07, 6.45) is 7.50. The molecule has 2 N–H and O–H groups in total. The van der Waals surface area contributed by atoms with Crippen LogP contribution in [-0.4, -0.2) is 47.7 Å². The fraction of sp³-hybridized carbons (Fsp3) is 0.933. The molecule has 0 aromatic heterocycles. The lowest BCUT2D eigenvalue weighted by molar-refractivity contribution is -0.144. The van der Waals surface area contributed by atoms with E-state index in [0.717, 1.165) is 45.2 Å². The van der Waals surface area contributed by atoms with E-state index in [1.807, 2.05) is 6.92 Å². The van der Waals surface area contributed by atoms with E-state index in [4.69, 9.17) is 0 Å². The molecule has 0 heterocycles. The highest BCUT2D eigenvalue weighted by Gasteiger charge is 2.37. The topological polar surface area (TPSA) is 52.6 Å². The average Bonchev–Trinajstić information content (AvgIpc) is 3.15. The predicted octanol–water partition coefficient (Wildman–Crippen LogP) is 2.48. The highest BCUT2D eigenvalue weighted by Crippen LogP contribution is 2.25. The Balaban J connectivity index is 2.19. The van der Waals surface area contributed by atoms with E-state index in [-0.39, 0.29) is 0 Å². The molecular weight excluding hydrogens is 240 g/mol. The van der Waals surface area contributed by atoms with E-state index >= 15 is 0 Å². The van der Waals surface area contributed by atoms with Crippen molar-refractivity contribution in [2.75, 3.05) is 20.1 Å². The first-order valence-corrected chi connectivity index (χ1v) is 7.67. The van der Waals surface area contributed by atoms with Gasteiger partial charge >= 0.3 is 5.97 Å². The van der Waals surface area contributed by atoms with E-state index in [0.29, 0.717) is 6.04 Å². The number of hydrogen-bond acceptors (Lipinski definition) is 3. The zero-order valence-electron chi connectivity index (χ0n) is 12.7. The predicted molar refractivity (Wildman–Crippen MR) is 78.5 cm³/mol. The average molecular weight is 270 g/mol. The molecule has 0 radical (unpaired) electrons. The molecule has 0 aromatic carbocycles. The lowest BCUT2D eigenvalue weighted by atomic mass is 9.94. The van der Waals surface area contributed by atoms with Crippen molar-refractivity contribution in [1.29, 1.82) is 0 Å². The van der Waals surface area contributed by atoms with Crippen LogP contribution in [-0.2, 0) is 4.79 Å². The molecule has 112 valence electrons. The van der Waals surface area contributed by atoms with Crippen molar-refractivity contribution >= 4 is 5.97 Å². The lowest BCUT2D eigenvalue weighted by Gasteiger charge is -2.27. The summed E-state index contributed by atoms with van der Waals surface area (Å²) in [5, 5.41) is 12.6. The van der Waals surface area contributed by atoms with Crippen LogP contribution in [0.1, 0.15) is 58.8 Å². The van der Waals surface area contributed by atoms with Crippen molar-refractivity contribution in [2.24, 2.45) is 0 Å². The van der Waals surface area contributed by atoms with Crippen molar-refractivity contribution in [2.45, 2.75) is 70.4 Å². The number of nitrogens with zero attached hydrogens (tertiary/aromatic N) is 1. The summed E-state index contributed by atoms with van der Waals surface area (Å²) >= 11 is 0. The van der Waals surface area contributed by atoms with Crippen LogP contribution in [0, 0.1) is 0 Å². The summed E-state index contributed by atoms with van der Waals surface area (Å²) < 4.78 is 0. The number of rotatable bonds is 11. The van der Waals surface area contributed by atoms with Gasteiger partial charge in [0.2, 0.25) is 0 Å². The summed E-state index contributed by atoms with van der Waals surface area (Å²) in [4.78, 5) is 13.7. The Morgan fingerprint density at radius 2 is 1.95 bits per heavy atom. The van der Waals surface area contributed by atoms with Crippen LogP contribution >= 0.6 is 0 Å². The van der Waals surface area contributed by atoms with Gasteiger partial charge < -0.3 is 10.0 Å². The molecule has 0 amide bonds. The number of carboxylic acid groups (broad SMARTS) is 1. The van der Waals surface area contributed by atoms with Gasteiger partial charge in [0.05, 0.1) is 0 Å². The third-order valence-corrected chi connectivity index (χ3v) is 3.93. The van der Waals surface area contributed by atoms with E-state index in [1.54, 1.807) is 0 Å². The minimum atomic E-state index is -0.733. The normalized spacial score (nSPS) is 18.5. The standard InChI is InChI=1S/C15H30N2O2/c1-4-5-11-17(3)12-7-6-10-15(2,14(18)19)16-13-8-9-13/h13,16H,4-12H2,1-3H3,(H,18,19). The third kappa shape index (κ3) is 6.39. The zero-order chi connectivity index (χ0) is 14.3.